The zero-order valence-corrected chi connectivity index (χ0v) is 6.84. The molecule has 6 heteroatoms. The van der Waals surface area contributed by atoms with Crippen LogP contribution in [-0.4, -0.2) is 14.8 Å². The van der Waals surface area contributed by atoms with E-state index in [9.17, 15) is 4.79 Å². The van der Waals surface area contributed by atoms with Crippen LogP contribution in [-0.2, 0) is 0 Å². The number of hydrogen-bond donors (Lipinski definition) is 2. The Labute approximate surface area is 71.5 Å². The van der Waals surface area contributed by atoms with Gasteiger partial charge in [0, 0.05) is 17.6 Å². The van der Waals surface area contributed by atoms with Crippen molar-refractivity contribution in [2.75, 3.05) is 5.73 Å². The highest BCUT2D eigenvalue weighted by atomic mass is 32.1. The molecule has 62 valence electrons. The summed E-state index contributed by atoms with van der Waals surface area (Å²) in [6, 6.07) is 1.32. The molecule has 0 amide bonds. The molecule has 3 N–H and O–H groups in total. The van der Waals surface area contributed by atoms with E-state index < -0.39 is 0 Å². The Morgan fingerprint density at radius 2 is 2.50 bits per heavy atom. The number of nitrogens with two attached hydrogens (primary N) is 1. The molecular formula is C6H6N4OS. The summed E-state index contributed by atoms with van der Waals surface area (Å²) in [5.41, 5.74) is 5.31. The molecule has 0 aromatic carbocycles. The monoisotopic (exact) mass is 182 g/mol. The summed E-state index contributed by atoms with van der Waals surface area (Å²) in [6.45, 7) is 0. The standard InChI is InChI=1S/C6H6N4OS/c7-4-3-5(11)9-10(4)6-8-1-2-12-6/h1-3H,7H2,(H,9,11). The van der Waals surface area contributed by atoms with Crippen molar-refractivity contribution < 1.29 is 0 Å². The molecule has 5 nitrogen and oxygen atoms in total. The molecule has 0 saturated heterocycles. The first kappa shape index (κ1) is 7.11. The van der Waals surface area contributed by atoms with Gasteiger partial charge in [-0.1, -0.05) is 0 Å². The molecule has 2 aromatic rings. The van der Waals surface area contributed by atoms with Crippen LogP contribution in [0.1, 0.15) is 0 Å². The van der Waals surface area contributed by atoms with Gasteiger partial charge in [-0.25, -0.2) is 9.67 Å². The number of aromatic nitrogens is 3. The number of thiazole rings is 1. The summed E-state index contributed by atoms with van der Waals surface area (Å²) in [7, 11) is 0. The second-order valence-corrected chi connectivity index (χ2v) is 3.07. The average molecular weight is 182 g/mol. The fourth-order valence-electron chi connectivity index (χ4n) is 0.890. The third-order valence-corrected chi connectivity index (χ3v) is 2.13. The number of aromatic amines is 1. The van der Waals surface area contributed by atoms with Crippen molar-refractivity contribution in [3.63, 3.8) is 0 Å². The Balaban J connectivity index is 2.61. The average Bonchev–Trinajstić information content (AvgIpc) is 2.58. The Morgan fingerprint density at radius 3 is 3.00 bits per heavy atom. The van der Waals surface area contributed by atoms with E-state index in [0.29, 0.717) is 10.9 Å². The van der Waals surface area contributed by atoms with E-state index >= 15 is 0 Å². The summed E-state index contributed by atoms with van der Waals surface area (Å²) >= 11 is 1.41. The summed E-state index contributed by atoms with van der Waals surface area (Å²) < 4.78 is 1.45. The number of anilines is 1. The predicted octanol–water partition coefficient (Wildman–Crippen LogP) is 0.204. The highest BCUT2D eigenvalue weighted by Gasteiger charge is 2.03. The minimum absolute atomic E-state index is 0.220. The quantitative estimate of drug-likeness (QED) is 0.661. The maximum Gasteiger partial charge on any atom is 0.266 e. The number of rotatable bonds is 1. The number of nitrogens with one attached hydrogen (secondary N) is 1. The predicted molar refractivity (Wildman–Crippen MR) is 46.5 cm³/mol. The Kier molecular flexibility index (Phi) is 1.47. The lowest BCUT2D eigenvalue weighted by atomic mass is 10.6. The van der Waals surface area contributed by atoms with Crippen molar-refractivity contribution in [1.29, 1.82) is 0 Å². The summed E-state index contributed by atoms with van der Waals surface area (Å²) in [4.78, 5) is 14.8. The molecule has 0 aliphatic heterocycles. The lowest BCUT2D eigenvalue weighted by Crippen LogP contribution is -2.04. The molecule has 0 fully saturated rings. The van der Waals surface area contributed by atoms with E-state index in [-0.39, 0.29) is 5.56 Å². The van der Waals surface area contributed by atoms with E-state index in [1.165, 1.54) is 22.1 Å². The van der Waals surface area contributed by atoms with Crippen molar-refractivity contribution >= 4 is 17.2 Å². The van der Waals surface area contributed by atoms with Gasteiger partial charge in [-0.2, -0.15) is 0 Å². The van der Waals surface area contributed by atoms with Crippen LogP contribution < -0.4 is 11.3 Å². The zero-order valence-electron chi connectivity index (χ0n) is 6.02. The number of hydrogen-bond acceptors (Lipinski definition) is 4. The van der Waals surface area contributed by atoms with Gasteiger partial charge in [-0.3, -0.25) is 9.89 Å². The second-order valence-electron chi connectivity index (χ2n) is 2.20. The highest BCUT2D eigenvalue weighted by molar-refractivity contribution is 7.12. The molecule has 2 rings (SSSR count). The van der Waals surface area contributed by atoms with Gasteiger partial charge in [-0.15, -0.1) is 11.3 Å². The van der Waals surface area contributed by atoms with Crippen molar-refractivity contribution in [3.8, 4) is 5.13 Å². The van der Waals surface area contributed by atoms with Crippen molar-refractivity contribution in [3.05, 3.63) is 28.0 Å². The molecule has 2 aromatic heterocycles. The molecule has 0 aliphatic rings. The van der Waals surface area contributed by atoms with E-state index in [1.54, 1.807) is 6.20 Å². The van der Waals surface area contributed by atoms with Gasteiger partial charge in [0.1, 0.15) is 5.82 Å². The van der Waals surface area contributed by atoms with Crippen molar-refractivity contribution in [1.82, 2.24) is 14.8 Å². The third-order valence-electron chi connectivity index (χ3n) is 1.37. The minimum atomic E-state index is -0.220. The number of nitrogens with zero attached hydrogens (tertiary/aromatic N) is 2. The summed E-state index contributed by atoms with van der Waals surface area (Å²) in [6.07, 6.45) is 1.65. The van der Waals surface area contributed by atoms with Crippen molar-refractivity contribution in [2.45, 2.75) is 0 Å². The van der Waals surface area contributed by atoms with E-state index in [1.807, 2.05) is 5.38 Å². The fourth-order valence-corrected chi connectivity index (χ4v) is 1.51. The van der Waals surface area contributed by atoms with Crippen LogP contribution in [0.5, 0.6) is 0 Å². The summed E-state index contributed by atoms with van der Waals surface area (Å²) in [5.74, 6) is 0.370. The zero-order chi connectivity index (χ0) is 8.55. The largest absolute Gasteiger partial charge is 0.383 e. The van der Waals surface area contributed by atoms with Crippen molar-refractivity contribution in [2.24, 2.45) is 0 Å². The molecule has 0 unspecified atom stereocenters. The van der Waals surface area contributed by atoms with Gasteiger partial charge in [0.25, 0.3) is 5.56 Å². The van der Waals surface area contributed by atoms with Gasteiger partial charge in [0.05, 0.1) is 0 Å². The lowest BCUT2D eigenvalue weighted by molar-refractivity contribution is 0.864. The van der Waals surface area contributed by atoms with Crippen LogP contribution in [0.3, 0.4) is 0 Å². The molecule has 0 atom stereocenters. The Morgan fingerprint density at radius 1 is 1.67 bits per heavy atom. The first-order valence-electron chi connectivity index (χ1n) is 3.25. The van der Waals surface area contributed by atoms with Crippen LogP contribution in [0, 0.1) is 0 Å². The second kappa shape index (κ2) is 2.49. The SMILES string of the molecule is Nc1cc(=O)[nH]n1-c1nccs1. The molecular weight excluding hydrogens is 176 g/mol. The smallest absolute Gasteiger partial charge is 0.266 e. The maximum atomic E-state index is 10.8. The molecule has 2 heterocycles. The first-order valence-corrected chi connectivity index (χ1v) is 4.13. The van der Waals surface area contributed by atoms with Crippen LogP contribution in [0.4, 0.5) is 5.82 Å². The van der Waals surface area contributed by atoms with Crippen LogP contribution in [0.25, 0.3) is 5.13 Å². The molecule has 12 heavy (non-hydrogen) atoms. The highest BCUT2D eigenvalue weighted by Crippen LogP contribution is 2.11. The van der Waals surface area contributed by atoms with Gasteiger partial charge in [0.15, 0.2) is 0 Å². The van der Waals surface area contributed by atoms with Gasteiger partial charge in [-0.05, 0) is 0 Å². The molecule has 0 spiro atoms. The third kappa shape index (κ3) is 1.02. The van der Waals surface area contributed by atoms with Crippen LogP contribution in [0.2, 0.25) is 0 Å². The Bertz CT molecular complexity index is 427. The van der Waals surface area contributed by atoms with Crippen LogP contribution >= 0.6 is 11.3 Å². The minimum Gasteiger partial charge on any atom is -0.383 e. The lowest BCUT2D eigenvalue weighted by Gasteiger charge is -1.96. The first-order chi connectivity index (χ1) is 5.77. The normalized spacial score (nSPS) is 10.3. The van der Waals surface area contributed by atoms with E-state index in [2.05, 4.69) is 10.1 Å². The molecule has 0 saturated carbocycles. The molecule has 0 bridgehead atoms. The maximum absolute atomic E-state index is 10.8. The fraction of sp³-hybridized carbons (Fsp3) is 0. The van der Waals surface area contributed by atoms with E-state index in [0.717, 1.165) is 0 Å². The molecule has 0 radical (unpaired) electrons. The Hall–Kier alpha value is -1.56. The van der Waals surface area contributed by atoms with E-state index in [4.69, 9.17) is 5.73 Å². The number of nitrogen functional groups attached to an aromatic ring is 1. The topological polar surface area (TPSA) is 76.7 Å². The molecule has 0 aliphatic carbocycles. The van der Waals surface area contributed by atoms with Gasteiger partial charge >= 0.3 is 0 Å². The van der Waals surface area contributed by atoms with Gasteiger partial charge < -0.3 is 5.73 Å². The number of H-pyrrole nitrogens is 1. The van der Waals surface area contributed by atoms with Crippen LogP contribution in [0.15, 0.2) is 22.4 Å². The summed E-state index contributed by atoms with van der Waals surface area (Å²) in [5, 5.41) is 5.00. The van der Waals surface area contributed by atoms with Gasteiger partial charge in [0.2, 0.25) is 5.13 Å².